The molecular formula is C41H47NO3. The molecule has 2 aliphatic heterocycles. The minimum atomic E-state index is -0.0878. The highest BCUT2D eigenvalue weighted by atomic mass is 16.6. The van der Waals surface area contributed by atoms with Gasteiger partial charge in [-0.3, -0.25) is 0 Å². The standard InChI is InChI=1S/C41H47NO3/c1-4-38-28(2)29(3)40(44-27-31-13-9-6-10-14-31)41(45-38)34-18-19-36(33-16-17-33)35(25-34)23-32-15-20-39-37(24-32)42(21-22-43-39)26-30-11-7-5-8-12-30/h5-15,18-20,24-25,28-29,33,38,40-41H,4,16-17,21-23,26-27H2,1-3H3/t28-,29-,38+,40+,41-/m0/s1. The number of hydrogen-bond acceptors (Lipinski definition) is 4. The second-order valence-corrected chi connectivity index (χ2v) is 13.4. The van der Waals surface area contributed by atoms with Crippen molar-refractivity contribution in [1.82, 2.24) is 0 Å². The molecule has 1 saturated heterocycles. The third kappa shape index (κ3) is 6.68. The van der Waals surface area contributed by atoms with Gasteiger partial charge in [-0.15, -0.1) is 0 Å². The zero-order valence-corrected chi connectivity index (χ0v) is 27.0. The number of benzene rings is 4. The molecule has 5 atom stereocenters. The molecule has 0 spiro atoms. The summed E-state index contributed by atoms with van der Waals surface area (Å²) in [6, 6.07) is 35.2. The highest BCUT2D eigenvalue weighted by Gasteiger charge is 2.42. The molecule has 4 nitrogen and oxygen atoms in total. The van der Waals surface area contributed by atoms with Gasteiger partial charge in [0.15, 0.2) is 0 Å². The summed E-state index contributed by atoms with van der Waals surface area (Å²) in [5.74, 6) is 2.48. The molecule has 4 heteroatoms. The number of nitrogens with zero attached hydrogens (tertiary/aromatic N) is 1. The molecule has 0 amide bonds. The first-order valence-corrected chi connectivity index (χ1v) is 17.1. The van der Waals surface area contributed by atoms with Crippen molar-refractivity contribution in [3.63, 3.8) is 0 Å². The van der Waals surface area contributed by atoms with Crippen LogP contribution in [0.3, 0.4) is 0 Å². The van der Waals surface area contributed by atoms with Gasteiger partial charge in [-0.1, -0.05) is 106 Å². The first-order valence-electron chi connectivity index (χ1n) is 17.1. The molecule has 2 heterocycles. The molecule has 3 aliphatic rings. The highest BCUT2D eigenvalue weighted by Crippen LogP contribution is 2.46. The van der Waals surface area contributed by atoms with Gasteiger partial charge in [0.05, 0.1) is 31.0 Å². The molecule has 0 bridgehead atoms. The Kier molecular flexibility index (Phi) is 8.96. The van der Waals surface area contributed by atoms with Crippen LogP contribution in [0.4, 0.5) is 5.69 Å². The molecule has 0 aromatic heterocycles. The summed E-state index contributed by atoms with van der Waals surface area (Å²) in [5, 5.41) is 0. The number of rotatable bonds is 10. The van der Waals surface area contributed by atoms with Gasteiger partial charge in [-0.2, -0.15) is 0 Å². The van der Waals surface area contributed by atoms with E-state index in [9.17, 15) is 0 Å². The largest absolute Gasteiger partial charge is 0.490 e. The van der Waals surface area contributed by atoms with Gasteiger partial charge in [0.1, 0.15) is 18.5 Å². The third-order valence-corrected chi connectivity index (χ3v) is 10.3. The lowest BCUT2D eigenvalue weighted by Gasteiger charge is -2.45. The van der Waals surface area contributed by atoms with Crippen LogP contribution >= 0.6 is 0 Å². The van der Waals surface area contributed by atoms with Crippen LogP contribution in [-0.4, -0.2) is 25.4 Å². The van der Waals surface area contributed by atoms with Crippen molar-refractivity contribution in [1.29, 1.82) is 0 Å². The molecule has 2 fully saturated rings. The van der Waals surface area contributed by atoms with Crippen molar-refractivity contribution >= 4 is 5.69 Å². The monoisotopic (exact) mass is 601 g/mol. The molecule has 0 radical (unpaired) electrons. The van der Waals surface area contributed by atoms with Crippen molar-refractivity contribution in [2.75, 3.05) is 18.1 Å². The van der Waals surface area contributed by atoms with Gasteiger partial charge >= 0.3 is 0 Å². The first kappa shape index (κ1) is 30.1. The van der Waals surface area contributed by atoms with Crippen molar-refractivity contribution in [2.45, 2.75) is 83.8 Å². The van der Waals surface area contributed by atoms with Gasteiger partial charge in [-0.05, 0) is 89.0 Å². The van der Waals surface area contributed by atoms with Gasteiger partial charge in [0.25, 0.3) is 0 Å². The maximum atomic E-state index is 6.92. The van der Waals surface area contributed by atoms with E-state index in [1.54, 1.807) is 0 Å². The smallest absolute Gasteiger partial charge is 0.142 e. The second-order valence-electron chi connectivity index (χ2n) is 13.4. The molecule has 0 N–H and O–H groups in total. The summed E-state index contributed by atoms with van der Waals surface area (Å²) in [5.41, 5.74) is 9.22. The fraction of sp³-hybridized carbons (Fsp3) is 0.415. The predicted molar refractivity (Wildman–Crippen MR) is 182 cm³/mol. The van der Waals surface area contributed by atoms with Crippen LogP contribution in [0.25, 0.3) is 0 Å². The minimum absolute atomic E-state index is 0.00457. The summed E-state index contributed by atoms with van der Waals surface area (Å²) in [4.78, 5) is 2.47. The Morgan fingerprint density at radius 3 is 2.29 bits per heavy atom. The zero-order valence-electron chi connectivity index (χ0n) is 27.0. The maximum Gasteiger partial charge on any atom is 0.142 e. The van der Waals surface area contributed by atoms with Crippen molar-refractivity contribution in [3.8, 4) is 5.75 Å². The number of hydrogen-bond donors (Lipinski definition) is 0. The predicted octanol–water partition coefficient (Wildman–Crippen LogP) is 9.26. The average Bonchev–Trinajstić information content (AvgIpc) is 3.92. The summed E-state index contributed by atoms with van der Waals surface area (Å²) in [6.45, 7) is 10.0. The van der Waals surface area contributed by atoms with Crippen LogP contribution in [0.1, 0.15) is 85.4 Å². The van der Waals surface area contributed by atoms with E-state index in [1.807, 2.05) is 0 Å². The third-order valence-electron chi connectivity index (χ3n) is 10.3. The number of ether oxygens (including phenoxy) is 3. The Labute approximate surface area is 269 Å². The summed E-state index contributed by atoms with van der Waals surface area (Å²) in [6.07, 6.45) is 4.61. The number of fused-ring (bicyclic) bond motifs is 1. The van der Waals surface area contributed by atoms with Gasteiger partial charge in [0.2, 0.25) is 0 Å². The molecule has 7 rings (SSSR count). The Morgan fingerprint density at radius 1 is 0.800 bits per heavy atom. The van der Waals surface area contributed by atoms with Gasteiger partial charge in [-0.25, -0.2) is 0 Å². The first-order chi connectivity index (χ1) is 22.1. The molecule has 4 aromatic carbocycles. The van der Waals surface area contributed by atoms with Crippen molar-refractivity contribution < 1.29 is 14.2 Å². The van der Waals surface area contributed by atoms with E-state index >= 15 is 0 Å². The van der Waals surface area contributed by atoms with E-state index in [0.29, 0.717) is 24.4 Å². The van der Waals surface area contributed by atoms with E-state index in [0.717, 1.165) is 38.3 Å². The lowest BCUT2D eigenvalue weighted by atomic mass is 9.78. The fourth-order valence-corrected chi connectivity index (χ4v) is 7.41. The van der Waals surface area contributed by atoms with E-state index in [1.165, 1.54) is 51.9 Å². The Bertz CT molecular complexity index is 1570. The minimum Gasteiger partial charge on any atom is -0.490 e. The molecule has 0 unspecified atom stereocenters. The highest BCUT2D eigenvalue weighted by molar-refractivity contribution is 5.62. The zero-order chi connectivity index (χ0) is 30.8. The van der Waals surface area contributed by atoms with Crippen LogP contribution in [-0.2, 0) is 29.0 Å². The lowest BCUT2D eigenvalue weighted by Crippen LogP contribution is -2.45. The van der Waals surface area contributed by atoms with E-state index in [-0.39, 0.29) is 18.3 Å². The van der Waals surface area contributed by atoms with E-state index < -0.39 is 0 Å². The van der Waals surface area contributed by atoms with Crippen LogP contribution in [0.2, 0.25) is 0 Å². The quantitative estimate of drug-likeness (QED) is 0.181. The molecule has 234 valence electrons. The Morgan fingerprint density at radius 2 is 1.56 bits per heavy atom. The summed E-state index contributed by atoms with van der Waals surface area (Å²) in [7, 11) is 0. The summed E-state index contributed by atoms with van der Waals surface area (Å²) < 4.78 is 19.8. The van der Waals surface area contributed by atoms with E-state index in [4.69, 9.17) is 14.2 Å². The van der Waals surface area contributed by atoms with E-state index in [2.05, 4.69) is 123 Å². The topological polar surface area (TPSA) is 30.9 Å². The normalized spacial score (nSPS) is 24.6. The van der Waals surface area contributed by atoms with Crippen molar-refractivity contribution in [2.24, 2.45) is 11.8 Å². The van der Waals surface area contributed by atoms with Gasteiger partial charge in [0, 0.05) is 6.54 Å². The average molecular weight is 602 g/mol. The molecule has 4 aromatic rings. The van der Waals surface area contributed by atoms with Gasteiger partial charge < -0.3 is 19.1 Å². The Balaban J connectivity index is 1.18. The molecule has 1 aliphatic carbocycles. The van der Waals surface area contributed by atoms with Crippen LogP contribution in [0.5, 0.6) is 5.75 Å². The van der Waals surface area contributed by atoms with Crippen LogP contribution in [0, 0.1) is 11.8 Å². The lowest BCUT2D eigenvalue weighted by molar-refractivity contribution is -0.194. The molecule has 45 heavy (non-hydrogen) atoms. The number of anilines is 1. The molecular weight excluding hydrogens is 554 g/mol. The molecule has 1 saturated carbocycles. The second kappa shape index (κ2) is 13.4. The van der Waals surface area contributed by atoms with Crippen molar-refractivity contribution in [3.05, 3.63) is 130 Å². The fourth-order valence-electron chi connectivity index (χ4n) is 7.41. The SMILES string of the molecule is CC[C@H]1O[C@@H](c2ccc(C3CC3)c(Cc3ccc4c(c3)N(Cc3ccccc3)CCO4)c2)[C@H](OCc2ccccc2)[C@@H](C)[C@@H]1C. The van der Waals surface area contributed by atoms with Crippen LogP contribution < -0.4 is 9.64 Å². The maximum absolute atomic E-state index is 6.92. The Hall–Kier alpha value is -3.60. The summed E-state index contributed by atoms with van der Waals surface area (Å²) >= 11 is 0. The van der Waals surface area contributed by atoms with Crippen LogP contribution in [0.15, 0.2) is 97.1 Å².